The van der Waals surface area contributed by atoms with E-state index in [0.29, 0.717) is 36.0 Å². The van der Waals surface area contributed by atoms with Crippen LogP contribution in [0.2, 0.25) is 5.02 Å². The molecule has 21 heavy (non-hydrogen) atoms. The second-order valence-electron chi connectivity index (χ2n) is 4.18. The number of carboxylic acids is 1. The van der Waals surface area contributed by atoms with E-state index >= 15 is 0 Å². The van der Waals surface area contributed by atoms with E-state index in [-0.39, 0.29) is 16.5 Å². The highest BCUT2D eigenvalue weighted by Gasteiger charge is 2.25. The molecule has 3 rings (SSSR count). The van der Waals surface area contributed by atoms with Gasteiger partial charge in [-0.2, -0.15) is 0 Å². The maximum absolute atomic E-state index is 10.9. The highest BCUT2D eigenvalue weighted by Crippen LogP contribution is 2.48. The summed E-state index contributed by atoms with van der Waals surface area (Å²) >= 11 is 6.25. The van der Waals surface area contributed by atoms with Gasteiger partial charge in [0, 0.05) is 6.07 Å². The van der Waals surface area contributed by atoms with Gasteiger partial charge < -0.3 is 23.8 Å². The zero-order chi connectivity index (χ0) is 15.0. The third-order valence-electron chi connectivity index (χ3n) is 2.93. The Bertz CT molecular complexity index is 711. The summed E-state index contributed by atoms with van der Waals surface area (Å²) in [5, 5.41) is 12.8. The van der Waals surface area contributed by atoms with Crippen LogP contribution in [0.5, 0.6) is 17.2 Å². The minimum Gasteiger partial charge on any atom is -0.494 e. The van der Waals surface area contributed by atoms with Gasteiger partial charge in [0.1, 0.15) is 23.9 Å². The van der Waals surface area contributed by atoms with Crippen molar-refractivity contribution in [1.29, 1.82) is 0 Å². The standard InChI is InChI=1S/C13H10ClNO6/c1-18-11-6(7-5-9(13(16)17)21-15-7)4-8-12(10(11)14)20-3-2-19-8/h4-5H,2-3H2,1H3,(H,16,17). The summed E-state index contributed by atoms with van der Waals surface area (Å²) in [5.74, 6) is -0.340. The van der Waals surface area contributed by atoms with Gasteiger partial charge in [-0.25, -0.2) is 4.79 Å². The lowest BCUT2D eigenvalue weighted by Gasteiger charge is -2.21. The molecular weight excluding hydrogens is 302 g/mol. The Morgan fingerprint density at radius 3 is 2.81 bits per heavy atom. The number of fused-ring (bicyclic) bond motifs is 1. The van der Waals surface area contributed by atoms with Crippen molar-refractivity contribution in [3.8, 4) is 28.5 Å². The molecule has 0 bridgehead atoms. The number of carbonyl (C=O) groups is 1. The first-order chi connectivity index (χ1) is 10.1. The lowest BCUT2D eigenvalue weighted by Crippen LogP contribution is -2.16. The van der Waals surface area contributed by atoms with Gasteiger partial charge in [0.25, 0.3) is 0 Å². The molecule has 1 aliphatic heterocycles. The van der Waals surface area contributed by atoms with Gasteiger partial charge in [0.05, 0.1) is 12.7 Å². The van der Waals surface area contributed by atoms with Crippen LogP contribution in [0.15, 0.2) is 16.7 Å². The predicted octanol–water partition coefficient (Wildman–Crippen LogP) is 2.47. The topological polar surface area (TPSA) is 91.0 Å². The van der Waals surface area contributed by atoms with Crippen molar-refractivity contribution in [2.75, 3.05) is 20.3 Å². The number of rotatable bonds is 3. The van der Waals surface area contributed by atoms with E-state index in [9.17, 15) is 4.79 Å². The summed E-state index contributed by atoms with van der Waals surface area (Å²) in [6.45, 7) is 0.788. The highest BCUT2D eigenvalue weighted by atomic mass is 35.5. The molecule has 110 valence electrons. The summed E-state index contributed by atoms with van der Waals surface area (Å²) in [4.78, 5) is 10.9. The number of halogens is 1. The largest absolute Gasteiger partial charge is 0.494 e. The van der Waals surface area contributed by atoms with Gasteiger partial charge >= 0.3 is 5.97 Å². The van der Waals surface area contributed by atoms with Gasteiger partial charge in [-0.05, 0) is 6.07 Å². The van der Waals surface area contributed by atoms with Gasteiger partial charge in [0.2, 0.25) is 5.76 Å². The number of methoxy groups -OCH3 is 1. The molecule has 1 aromatic heterocycles. The van der Waals surface area contributed by atoms with Crippen LogP contribution >= 0.6 is 11.6 Å². The van der Waals surface area contributed by atoms with Crippen LogP contribution in [0, 0.1) is 0 Å². The number of carboxylic acid groups (broad SMARTS) is 1. The van der Waals surface area contributed by atoms with Crippen LogP contribution in [0.4, 0.5) is 0 Å². The minimum atomic E-state index is -1.21. The molecule has 0 unspecified atom stereocenters. The summed E-state index contributed by atoms with van der Waals surface area (Å²) in [6.07, 6.45) is 0. The molecule has 0 atom stereocenters. The Labute approximate surface area is 124 Å². The predicted molar refractivity (Wildman–Crippen MR) is 71.5 cm³/mol. The molecular formula is C13H10ClNO6. The fourth-order valence-corrected chi connectivity index (χ4v) is 2.35. The van der Waals surface area contributed by atoms with Crippen LogP contribution in [-0.4, -0.2) is 36.6 Å². The van der Waals surface area contributed by atoms with Crippen molar-refractivity contribution >= 4 is 17.6 Å². The fraction of sp³-hybridized carbons (Fsp3) is 0.231. The van der Waals surface area contributed by atoms with Crippen molar-refractivity contribution in [2.45, 2.75) is 0 Å². The maximum atomic E-state index is 10.9. The minimum absolute atomic E-state index is 0.240. The molecule has 1 aromatic carbocycles. The van der Waals surface area contributed by atoms with Crippen molar-refractivity contribution in [2.24, 2.45) is 0 Å². The molecule has 0 saturated heterocycles. The van der Waals surface area contributed by atoms with E-state index in [1.54, 1.807) is 6.07 Å². The first-order valence-corrected chi connectivity index (χ1v) is 6.36. The molecule has 0 fully saturated rings. The van der Waals surface area contributed by atoms with Crippen LogP contribution in [0.25, 0.3) is 11.3 Å². The molecule has 0 radical (unpaired) electrons. The molecule has 2 aromatic rings. The first-order valence-electron chi connectivity index (χ1n) is 5.98. The third kappa shape index (κ3) is 2.25. The zero-order valence-corrected chi connectivity index (χ0v) is 11.6. The average Bonchev–Trinajstić information content (AvgIpc) is 2.97. The smallest absolute Gasteiger partial charge is 0.374 e. The number of hydrogen-bond acceptors (Lipinski definition) is 6. The van der Waals surface area contributed by atoms with E-state index < -0.39 is 5.97 Å². The summed E-state index contributed by atoms with van der Waals surface area (Å²) in [5.41, 5.74) is 0.742. The summed E-state index contributed by atoms with van der Waals surface area (Å²) < 4.78 is 21.0. The highest BCUT2D eigenvalue weighted by molar-refractivity contribution is 6.34. The number of benzene rings is 1. The fourth-order valence-electron chi connectivity index (χ4n) is 2.02. The van der Waals surface area contributed by atoms with Crippen molar-refractivity contribution in [1.82, 2.24) is 5.16 Å². The molecule has 0 saturated carbocycles. The molecule has 7 nitrogen and oxygen atoms in total. The number of aromatic carboxylic acids is 1. The van der Waals surface area contributed by atoms with Gasteiger partial charge in [-0.3, -0.25) is 0 Å². The second kappa shape index (κ2) is 5.17. The number of nitrogens with zero attached hydrogens (tertiary/aromatic N) is 1. The number of hydrogen-bond donors (Lipinski definition) is 1. The number of aromatic nitrogens is 1. The molecule has 0 amide bonds. The van der Waals surface area contributed by atoms with Crippen molar-refractivity contribution in [3.63, 3.8) is 0 Å². The van der Waals surface area contributed by atoms with E-state index in [1.807, 2.05) is 0 Å². The molecule has 0 aliphatic carbocycles. The lowest BCUT2D eigenvalue weighted by molar-refractivity contribution is 0.0652. The SMILES string of the molecule is COc1c(-c2cc(C(=O)O)on2)cc2c(c1Cl)OCCO2. The Hall–Kier alpha value is -2.41. The molecule has 1 aliphatic rings. The molecule has 1 N–H and O–H groups in total. The summed E-state index contributed by atoms with van der Waals surface area (Å²) in [7, 11) is 1.44. The molecule has 0 spiro atoms. The van der Waals surface area contributed by atoms with E-state index in [0.717, 1.165) is 0 Å². The van der Waals surface area contributed by atoms with Crippen molar-refractivity contribution in [3.05, 3.63) is 22.9 Å². The Kier molecular flexibility index (Phi) is 3.34. The van der Waals surface area contributed by atoms with Gasteiger partial charge in [0.15, 0.2) is 17.2 Å². The monoisotopic (exact) mass is 311 g/mol. The second-order valence-corrected chi connectivity index (χ2v) is 4.56. The molecule has 8 heteroatoms. The Morgan fingerprint density at radius 1 is 1.38 bits per heavy atom. The van der Waals surface area contributed by atoms with Crippen molar-refractivity contribution < 1.29 is 28.6 Å². The summed E-state index contributed by atoms with van der Waals surface area (Å²) in [6, 6.07) is 2.91. The van der Waals surface area contributed by atoms with Crippen LogP contribution in [0.1, 0.15) is 10.6 Å². The Morgan fingerprint density at radius 2 is 2.14 bits per heavy atom. The zero-order valence-electron chi connectivity index (χ0n) is 10.9. The van der Waals surface area contributed by atoms with Gasteiger partial charge in [-0.1, -0.05) is 16.8 Å². The normalized spacial score (nSPS) is 13.0. The maximum Gasteiger partial charge on any atom is 0.374 e. The number of ether oxygens (including phenoxy) is 3. The Balaban J connectivity index is 2.16. The van der Waals surface area contributed by atoms with Crippen LogP contribution < -0.4 is 14.2 Å². The molecule has 2 heterocycles. The third-order valence-corrected chi connectivity index (χ3v) is 3.27. The van der Waals surface area contributed by atoms with E-state index in [4.69, 9.17) is 35.4 Å². The van der Waals surface area contributed by atoms with Crippen LogP contribution in [0.3, 0.4) is 0 Å². The van der Waals surface area contributed by atoms with Crippen LogP contribution in [-0.2, 0) is 0 Å². The van der Waals surface area contributed by atoms with Gasteiger partial charge in [-0.15, -0.1) is 0 Å². The first kappa shape index (κ1) is 13.6. The average molecular weight is 312 g/mol. The van der Waals surface area contributed by atoms with E-state index in [2.05, 4.69) is 5.16 Å². The van der Waals surface area contributed by atoms with E-state index in [1.165, 1.54) is 13.2 Å². The lowest BCUT2D eigenvalue weighted by atomic mass is 10.1. The quantitative estimate of drug-likeness (QED) is 0.931.